The van der Waals surface area contributed by atoms with Crippen molar-refractivity contribution < 1.29 is 9.53 Å². The lowest BCUT2D eigenvalue weighted by Crippen LogP contribution is -2.29. The number of nitrogens with zero attached hydrogens (tertiary/aromatic N) is 3. The lowest BCUT2D eigenvalue weighted by Gasteiger charge is -2.33. The summed E-state index contributed by atoms with van der Waals surface area (Å²) in [6.07, 6.45) is 5.95. The van der Waals surface area contributed by atoms with Gasteiger partial charge in [-0.3, -0.25) is 4.79 Å². The fraction of sp³-hybridized carbons (Fsp3) is 0.389. The minimum atomic E-state index is -0.153. The van der Waals surface area contributed by atoms with Crippen molar-refractivity contribution in [1.29, 1.82) is 5.26 Å². The van der Waals surface area contributed by atoms with Crippen LogP contribution in [-0.4, -0.2) is 22.1 Å². The summed E-state index contributed by atoms with van der Waals surface area (Å²) in [6.45, 7) is 2.23. The van der Waals surface area contributed by atoms with E-state index in [-0.39, 0.29) is 17.9 Å². The van der Waals surface area contributed by atoms with Crippen LogP contribution in [-0.2, 0) is 16.0 Å². The smallest absolute Gasteiger partial charge is 0.306 e. The molecule has 1 aromatic carbocycles. The standard InChI is InChI=1S/C18H19N3O2/c1-2-23-17(22)9-15-7-8-16-11-20-12-21(16)18(15)14-5-3-13(10-19)4-6-14/h3-6,11-12,15,18H,2,7-9H2,1H3. The normalized spacial score (nSPS) is 19.7. The van der Waals surface area contributed by atoms with Crippen LogP contribution in [0, 0.1) is 17.2 Å². The first-order chi connectivity index (χ1) is 11.2. The number of aryl methyl sites for hydroxylation is 1. The third-order valence-corrected chi connectivity index (χ3v) is 4.38. The first-order valence-electron chi connectivity index (χ1n) is 7.89. The Kier molecular flexibility index (Phi) is 4.42. The summed E-state index contributed by atoms with van der Waals surface area (Å²) in [5, 5.41) is 8.97. The molecule has 1 aromatic heterocycles. The number of carbonyl (C=O) groups is 1. The van der Waals surface area contributed by atoms with E-state index in [1.165, 1.54) is 5.69 Å². The maximum Gasteiger partial charge on any atom is 0.306 e. The molecule has 5 nitrogen and oxygen atoms in total. The lowest BCUT2D eigenvalue weighted by molar-refractivity contribution is -0.144. The fourth-order valence-corrected chi connectivity index (χ4v) is 3.33. The molecule has 0 fully saturated rings. The first kappa shape index (κ1) is 15.3. The van der Waals surface area contributed by atoms with E-state index in [9.17, 15) is 4.79 Å². The van der Waals surface area contributed by atoms with Gasteiger partial charge in [-0.05, 0) is 43.4 Å². The van der Waals surface area contributed by atoms with Crippen LogP contribution < -0.4 is 0 Å². The number of esters is 1. The Morgan fingerprint density at radius 2 is 2.22 bits per heavy atom. The molecule has 0 radical (unpaired) electrons. The average Bonchev–Trinajstić information content (AvgIpc) is 3.03. The third-order valence-electron chi connectivity index (χ3n) is 4.38. The van der Waals surface area contributed by atoms with Crippen LogP contribution in [0.3, 0.4) is 0 Å². The molecule has 2 aromatic rings. The maximum atomic E-state index is 11.9. The number of carbonyl (C=O) groups excluding carboxylic acids is 1. The summed E-state index contributed by atoms with van der Waals surface area (Å²) >= 11 is 0. The van der Waals surface area contributed by atoms with Crippen LogP contribution >= 0.6 is 0 Å². The van der Waals surface area contributed by atoms with Gasteiger partial charge in [0, 0.05) is 11.9 Å². The van der Waals surface area contributed by atoms with E-state index in [4.69, 9.17) is 10.00 Å². The topological polar surface area (TPSA) is 67.9 Å². The molecule has 0 saturated heterocycles. The number of rotatable bonds is 4. The summed E-state index contributed by atoms with van der Waals surface area (Å²) < 4.78 is 7.28. The van der Waals surface area contributed by atoms with Crippen molar-refractivity contribution in [2.24, 2.45) is 5.92 Å². The molecular formula is C18H19N3O2. The molecule has 1 aliphatic heterocycles. The molecule has 0 N–H and O–H groups in total. The van der Waals surface area contributed by atoms with Crippen LogP contribution in [0.2, 0.25) is 0 Å². The van der Waals surface area contributed by atoms with Gasteiger partial charge in [-0.1, -0.05) is 12.1 Å². The van der Waals surface area contributed by atoms with Crippen molar-refractivity contribution in [3.8, 4) is 6.07 Å². The monoisotopic (exact) mass is 309 g/mol. The summed E-state index contributed by atoms with van der Waals surface area (Å²) in [7, 11) is 0. The first-order valence-corrected chi connectivity index (χ1v) is 7.89. The van der Waals surface area contributed by atoms with Gasteiger partial charge in [-0.15, -0.1) is 0 Å². The highest BCUT2D eigenvalue weighted by Gasteiger charge is 2.32. The zero-order valence-electron chi connectivity index (χ0n) is 13.1. The fourth-order valence-electron chi connectivity index (χ4n) is 3.33. The van der Waals surface area contributed by atoms with Gasteiger partial charge in [0.1, 0.15) is 0 Å². The number of hydrogen-bond donors (Lipinski definition) is 0. The van der Waals surface area contributed by atoms with Gasteiger partial charge < -0.3 is 9.30 Å². The number of fused-ring (bicyclic) bond motifs is 1. The van der Waals surface area contributed by atoms with Crippen molar-refractivity contribution in [1.82, 2.24) is 9.55 Å². The maximum absolute atomic E-state index is 11.9. The Labute approximate surface area is 135 Å². The van der Waals surface area contributed by atoms with Crippen LogP contribution in [0.5, 0.6) is 0 Å². The van der Waals surface area contributed by atoms with Gasteiger partial charge >= 0.3 is 5.97 Å². The van der Waals surface area contributed by atoms with Gasteiger partial charge in [-0.2, -0.15) is 5.26 Å². The predicted octanol–water partition coefficient (Wildman–Crippen LogP) is 2.86. The molecule has 1 aliphatic rings. The van der Waals surface area contributed by atoms with Crippen LogP contribution in [0.15, 0.2) is 36.8 Å². The number of nitriles is 1. The highest BCUT2D eigenvalue weighted by molar-refractivity contribution is 5.69. The van der Waals surface area contributed by atoms with Gasteiger partial charge in [0.15, 0.2) is 0 Å². The molecule has 23 heavy (non-hydrogen) atoms. The molecule has 5 heteroatoms. The largest absolute Gasteiger partial charge is 0.466 e. The Hall–Kier alpha value is -2.61. The third kappa shape index (κ3) is 3.11. The molecule has 2 unspecified atom stereocenters. The van der Waals surface area contributed by atoms with Gasteiger partial charge in [0.05, 0.1) is 37.0 Å². The van der Waals surface area contributed by atoms with Gasteiger partial charge in [0.25, 0.3) is 0 Å². The van der Waals surface area contributed by atoms with E-state index in [1.807, 2.05) is 43.7 Å². The Morgan fingerprint density at radius 1 is 1.43 bits per heavy atom. The second-order valence-electron chi connectivity index (χ2n) is 5.78. The zero-order chi connectivity index (χ0) is 16.2. The van der Waals surface area contributed by atoms with Crippen molar-refractivity contribution >= 4 is 5.97 Å². The second-order valence-corrected chi connectivity index (χ2v) is 5.78. The number of hydrogen-bond acceptors (Lipinski definition) is 4. The summed E-state index contributed by atoms with van der Waals surface area (Å²) in [5.41, 5.74) is 2.91. The van der Waals surface area contributed by atoms with Gasteiger partial charge in [0.2, 0.25) is 0 Å². The molecule has 3 rings (SSSR count). The molecule has 0 amide bonds. The molecule has 0 spiro atoms. The Bertz CT molecular complexity index is 727. The van der Waals surface area contributed by atoms with Crippen molar-refractivity contribution in [2.45, 2.75) is 32.2 Å². The van der Waals surface area contributed by atoms with Crippen molar-refractivity contribution in [3.63, 3.8) is 0 Å². The average molecular weight is 309 g/mol. The summed E-state index contributed by atoms with van der Waals surface area (Å²) in [4.78, 5) is 16.2. The minimum Gasteiger partial charge on any atom is -0.466 e. The number of ether oxygens (including phenoxy) is 1. The highest BCUT2D eigenvalue weighted by atomic mass is 16.5. The summed E-state index contributed by atoms with van der Waals surface area (Å²) in [6, 6.07) is 9.77. The molecular weight excluding hydrogens is 290 g/mol. The molecule has 2 heterocycles. The molecule has 118 valence electrons. The highest BCUT2D eigenvalue weighted by Crippen LogP contribution is 2.37. The minimum absolute atomic E-state index is 0.0541. The van der Waals surface area contributed by atoms with Crippen molar-refractivity contribution in [3.05, 3.63) is 53.6 Å². The zero-order valence-corrected chi connectivity index (χ0v) is 13.1. The van der Waals surface area contributed by atoms with E-state index in [2.05, 4.69) is 15.6 Å². The van der Waals surface area contributed by atoms with Crippen molar-refractivity contribution in [2.75, 3.05) is 6.61 Å². The van der Waals surface area contributed by atoms with E-state index < -0.39 is 0 Å². The SMILES string of the molecule is CCOC(=O)CC1CCc2cncn2C1c1ccc(C#N)cc1. The lowest BCUT2D eigenvalue weighted by atomic mass is 9.83. The number of imidazole rings is 1. The van der Waals surface area contributed by atoms with Crippen LogP contribution in [0.4, 0.5) is 0 Å². The van der Waals surface area contributed by atoms with Crippen LogP contribution in [0.1, 0.15) is 42.6 Å². The molecule has 2 atom stereocenters. The summed E-state index contributed by atoms with van der Waals surface area (Å²) in [5.74, 6) is 0.0170. The van der Waals surface area contributed by atoms with E-state index in [0.29, 0.717) is 18.6 Å². The van der Waals surface area contributed by atoms with E-state index in [1.54, 1.807) is 0 Å². The second kappa shape index (κ2) is 6.66. The molecule has 0 bridgehead atoms. The predicted molar refractivity (Wildman–Crippen MR) is 84.6 cm³/mol. The van der Waals surface area contributed by atoms with Gasteiger partial charge in [-0.25, -0.2) is 4.98 Å². The molecule has 0 saturated carbocycles. The number of benzene rings is 1. The quantitative estimate of drug-likeness (QED) is 0.814. The number of aromatic nitrogens is 2. The Balaban J connectivity index is 1.93. The van der Waals surface area contributed by atoms with Crippen LogP contribution in [0.25, 0.3) is 0 Å². The Morgan fingerprint density at radius 3 is 2.91 bits per heavy atom. The van der Waals surface area contributed by atoms with E-state index in [0.717, 1.165) is 18.4 Å². The molecule has 0 aliphatic carbocycles. The van der Waals surface area contributed by atoms with E-state index >= 15 is 0 Å².